The van der Waals surface area contributed by atoms with Crippen molar-refractivity contribution in [2.75, 3.05) is 12.0 Å². The number of nitrogen functional groups attached to an aromatic ring is 1. The maximum atomic E-state index is 12.9. The number of carbonyl (C=O) groups is 1. The summed E-state index contributed by atoms with van der Waals surface area (Å²) in [4.78, 5) is 11.9. The molecule has 4 nitrogen and oxygen atoms in total. The molecule has 1 saturated carbocycles. The Hall–Kier alpha value is -1.76. The molecule has 1 fully saturated rings. The van der Waals surface area contributed by atoms with Crippen molar-refractivity contribution in [3.8, 4) is 0 Å². The summed E-state index contributed by atoms with van der Waals surface area (Å²) in [6, 6.07) is 3.29. The van der Waals surface area contributed by atoms with E-state index in [1.54, 1.807) is 0 Å². The van der Waals surface area contributed by atoms with E-state index in [9.17, 15) is 18.0 Å². The molecule has 1 unspecified atom stereocenters. The molecule has 4 N–H and O–H groups in total. The van der Waals surface area contributed by atoms with Gasteiger partial charge in [-0.3, -0.25) is 10.6 Å². The van der Waals surface area contributed by atoms with Crippen molar-refractivity contribution in [3.63, 3.8) is 0 Å². The Labute approximate surface area is 120 Å². The zero-order valence-electron chi connectivity index (χ0n) is 11.6. The fourth-order valence-electron chi connectivity index (χ4n) is 2.23. The summed E-state index contributed by atoms with van der Waals surface area (Å²) in [6.07, 6.45) is -2.25. The predicted octanol–water partition coefficient (Wildman–Crippen LogP) is 2.77. The van der Waals surface area contributed by atoms with E-state index in [1.165, 1.54) is 6.07 Å². The Kier molecular flexibility index (Phi) is 4.41. The molecule has 0 spiro atoms. The summed E-state index contributed by atoms with van der Waals surface area (Å²) >= 11 is 0. The molecule has 0 aromatic heterocycles. The van der Waals surface area contributed by atoms with Crippen LogP contribution in [0.4, 0.5) is 18.9 Å². The number of nitrogens with one attached hydrogen (secondary N) is 2. The van der Waals surface area contributed by atoms with E-state index in [0.29, 0.717) is 18.4 Å². The third-order valence-corrected chi connectivity index (χ3v) is 3.75. The first kappa shape index (κ1) is 15.6. The van der Waals surface area contributed by atoms with Gasteiger partial charge in [0.05, 0.1) is 11.3 Å². The highest BCUT2D eigenvalue weighted by Gasteiger charge is 2.34. The summed E-state index contributed by atoms with van der Waals surface area (Å²) in [7, 11) is 0. The fraction of sp³-hybridized carbons (Fsp3) is 0.500. The highest BCUT2D eigenvalue weighted by atomic mass is 19.4. The van der Waals surface area contributed by atoms with Crippen LogP contribution in [0.3, 0.4) is 0 Å². The first-order valence-electron chi connectivity index (χ1n) is 6.79. The van der Waals surface area contributed by atoms with Crippen molar-refractivity contribution in [2.45, 2.75) is 25.9 Å². The van der Waals surface area contributed by atoms with E-state index in [0.717, 1.165) is 25.0 Å². The molecule has 116 valence electrons. The first-order valence-corrected chi connectivity index (χ1v) is 6.79. The molecule has 0 heterocycles. The van der Waals surface area contributed by atoms with Crippen LogP contribution >= 0.6 is 0 Å². The lowest BCUT2D eigenvalue weighted by Gasteiger charge is -2.15. The predicted molar refractivity (Wildman–Crippen MR) is 73.5 cm³/mol. The highest BCUT2D eigenvalue weighted by molar-refractivity contribution is 5.95. The van der Waals surface area contributed by atoms with Crippen LogP contribution in [0.15, 0.2) is 18.2 Å². The van der Waals surface area contributed by atoms with Gasteiger partial charge in [0.2, 0.25) is 0 Å². The zero-order chi connectivity index (χ0) is 15.6. The molecule has 0 saturated heterocycles. The van der Waals surface area contributed by atoms with Crippen LogP contribution in [0.5, 0.6) is 0 Å². The molecule has 1 aliphatic carbocycles. The second-order valence-corrected chi connectivity index (χ2v) is 5.43. The number of halogens is 3. The normalized spacial score (nSPS) is 16.4. The molecule has 0 aliphatic heterocycles. The van der Waals surface area contributed by atoms with E-state index in [-0.39, 0.29) is 11.3 Å². The third kappa shape index (κ3) is 3.87. The second-order valence-electron chi connectivity index (χ2n) is 5.43. The van der Waals surface area contributed by atoms with Gasteiger partial charge in [0, 0.05) is 12.1 Å². The van der Waals surface area contributed by atoms with E-state index in [1.807, 2.05) is 12.3 Å². The standard InChI is InChI=1S/C14H18F3N3O/c1-8(9-2-3-9)7-19-13(21)10-4-5-12(20-18)11(6-10)14(15,16)17/h4-6,8-9,20H,2-3,7,18H2,1H3,(H,19,21). The van der Waals surface area contributed by atoms with Gasteiger partial charge in [0.25, 0.3) is 5.91 Å². The molecule has 0 radical (unpaired) electrons. The quantitative estimate of drug-likeness (QED) is 0.578. The van der Waals surface area contributed by atoms with Gasteiger partial charge < -0.3 is 10.7 Å². The number of benzene rings is 1. The van der Waals surface area contributed by atoms with Gasteiger partial charge in [-0.25, -0.2) is 0 Å². The minimum atomic E-state index is -4.57. The highest BCUT2D eigenvalue weighted by Crippen LogP contribution is 2.36. The maximum absolute atomic E-state index is 12.9. The van der Waals surface area contributed by atoms with Gasteiger partial charge in [-0.1, -0.05) is 6.92 Å². The van der Waals surface area contributed by atoms with Crippen LogP contribution in [0.2, 0.25) is 0 Å². The topological polar surface area (TPSA) is 67.2 Å². The summed E-state index contributed by atoms with van der Waals surface area (Å²) in [6.45, 7) is 2.50. The minimum absolute atomic E-state index is 0.0238. The van der Waals surface area contributed by atoms with E-state index in [2.05, 4.69) is 5.32 Å². The Bertz CT molecular complexity index is 527. The molecule has 1 amide bonds. The molecule has 21 heavy (non-hydrogen) atoms. The Morgan fingerprint density at radius 1 is 1.43 bits per heavy atom. The Morgan fingerprint density at radius 2 is 2.10 bits per heavy atom. The maximum Gasteiger partial charge on any atom is 0.418 e. The summed E-state index contributed by atoms with van der Waals surface area (Å²) in [5.74, 6) is 5.53. The van der Waals surface area contributed by atoms with Gasteiger partial charge in [0.1, 0.15) is 0 Å². The number of nitrogens with two attached hydrogens (primary N) is 1. The number of rotatable bonds is 5. The Balaban J connectivity index is 2.09. The van der Waals surface area contributed by atoms with Gasteiger partial charge in [-0.15, -0.1) is 0 Å². The van der Waals surface area contributed by atoms with E-state index in [4.69, 9.17) is 5.84 Å². The second kappa shape index (κ2) is 5.93. The number of anilines is 1. The van der Waals surface area contributed by atoms with E-state index >= 15 is 0 Å². The van der Waals surface area contributed by atoms with Gasteiger partial charge in [0.15, 0.2) is 0 Å². The molecular formula is C14H18F3N3O. The summed E-state index contributed by atoms with van der Waals surface area (Å²) in [5.41, 5.74) is 0.756. The lowest BCUT2D eigenvalue weighted by atomic mass is 10.1. The fourth-order valence-corrected chi connectivity index (χ4v) is 2.23. The van der Waals surface area contributed by atoms with Gasteiger partial charge >= 0.3 is 6.18 Å². The lowest BCUT2D eigenvalue weighted by molar-refractivity contribution is -0.137. The number of carbonyl (C=O) groups excluding carboxylic acids is 1. The average molecular weight is 301 g/mol. The number of amides is 1. The smallest absolute Gasteiger partial charge is 0.352 e. The summed E-state index contributed by atoms with van der Waals surface area (Å²) < 4.78 is 38.6. The molecular weight excluding hydrogens is 283 g/mol. The zero-order valence-corrected chi connectivity index (χ0v) is 11.6. The number of hydrogen-bond acceptors (Lipinski definition) is 3. The molecule has 7 heteroatoms. The average Bonchev–Trinajstić information content (AvgIpc) is 3.27. The molecule has 1 aromatic rings. The lowest BCUT2D eigenvalue weighted by Crippen LogP contribution is -2.29. The van der Waals surface area contributed by atoms with Crippen molar-refractivity contribution >= 4 is 11.6 Å². The molecule has 1 aliphatic rings. The monoisotopic (exact) mass is 301 g/mol. The van der Waals surface area contributed by atoms with Crippen molar-refractivity contribution in [3.05, 3.63) is 29.3 Å². The molecule has 2 rings (SSSR count). The third-order valence-electron chi connectivity index (χ3n) is 3.75. The van der Waals surface area contributed by atoms with Crippen molar-refractivity contribution in [1.29, 1.82) is 0 Å². The van der Waals surface area contributed by atoms with Crippen LogP contribution in [-0.4, -0.2) is 12.5 Å². The van der Waals surface area contributed by atoms with Crippen LogP contribution in [-0.2, 0) is 6.18 Å². The minimum Gasteiger partial charge on any atom is -0.352 e. The Morgan fingerprint density at radius 3 is 2.62 bits per heavy atom. The largest absolute Gasteiger partial charge is 0.418 e. The summed E-state index contributed by atoms with van der Waals surface area (Å²) in [5, 5.41) is 2.68. The van der Waals surface area contributed by atoms with Crippen LogP contribution in [0, 0.1) is 11.8 Å². The van der Waals surface area contributed by atoms with Crippen LogP contribution in [0.1, 0.15) is 35.7 Å². The number of hydrazine groups is 1. The first-order chi connectivity index (χ1) is 9.82. The molecule has 1 atom stereocenters. The molecule has 1 aromatic carbocycles. The van der Waals surface area contributed by atoms with Crippen LogP contribution < -0.4 is 16.6 Å². The number of hydrogen-bond donors (Lipinski definition) is 3. The van der Waals surface area contributed by atoms with Crippen LogP contribution in [0.25, 0.3) is 0 Å². The van der Waals surface area contributed by atoms with Crippen molar-refractivity contribution in [1.82, 2.24) is 5.32 Å². The van der Waals surface area contributed by atoms with Crippen molar-refractivity contribution in [2.24, 2.45) is 17.7 Å². The van der Waals surface area contributed by atoms with Gasteiger partial charge in [-0.05, 0) is 42.9 Å². The molecule has 0 bridgehead atoms. The SMILES string of the molecule is CC(CNC(=O)c1ccc(NN)c(C(F)(F)F)c1)C1CC1. The van der Waals surface area contributed by atoms with Crippen molar-refractivity contribution < 1.29 is 18.0 Å². The van der Waals surface area contributed by atoms with E-state index < -0.39 is 17.6 Å². The number of alkyl halides is 3. The van der Waals surface area contributed by atoms with Gasteiger partial charge in [-0.2, -0.15) is 13.2 Å².